The van der Waals surface area contributed by atoms with E-state index in [0.717, 1.165) is 18.4 Å². The highest BCUT2D eigenvalue weighted by Crippen LogP contribution is 2.40. The highest BCUT2D eigenvalue weighted by Gasteiger charge is 2.24. The summed E-state index contributed by atoms with van der Waals surface area (Å²) in [6, 6.07) is 58.8. The Balaban J connectivity index is 1.04. The van der Waals surface area contributed by atoms with E-state index in [4.69, 9.17) is 0 Å². The number of rotatable bonds is 10. The molecule has 9 rings (SSSR count). The highest BCUT2D eigenvalue weighted by molar-refractivity contribution is 6.25. The molecule has 8 aromatic rings. The summed E-state index contributed by atoms with van der Waals surface area (Å²) in [4.78, 5) is 0. The predicted octanol–water partition coefficient (Wildman–Crippen LogP) is 15.4. The first-order chi connectivity index (χ1) is 28.0. The SMILES string of the molecule is C=Cc1cc(-c2ccc3c4ccccc4c4ccccc4c3c2)ccc1-c1cc(C(C)N[C@@H](c2ccc(C3=CC=CCC3)cc2)C(C)c2ccccc2)ccc1C. The van der Waals surface area contributed by atoms with Gasteiger partial charge < -0.3 is 5.32 Å². The Bertz CT molecular complexity index is 2780. The molecule has 0 saturated carbocycles. The monoisotopic (exact) mass is 735 g/mol. The van der Waals surface area contributed by atoms with Crippen LogP contribution in [0.3, 0.4) is 0 Å². The Labute approximate surface area is 337 Å². The standard InChI is InChI=1S/C56H49N/c1-5-40-34-46(47-31-33-53-51-22-13-12-20-49(51)50-21-14-15-23-52(50)55(53)36-47)30-32-48(40)54-35-45(25-24-37(54)2)39(4)57-56(38(3)41-16-8-6-9-17-41)44-28-26-43(27-29-44)42-18-10-7-11-19-42/h5-10,12-18,20-36,38-39,56-57H,1,11,19H2,2-4H3/t38?,39?,56-/m1/s1. The molecule has 1 N–H and O–H groups in total. The number of aryl methyl sites for hydroxylation is 1. The van der Waals surface area contributed by atoms with Crippen molar-refractivity contribution in [2.75, 3.05) is 0 Å². The lowest BCUT2D eigenvalue weighted by Crippen LogP contribution is -2.28. The summed E-state index contributed by atoms with van der Waals surface area (Å²) in [6.07, 6.45) is 10.9. The number of allylic oxidation sites excluding steroid dienone is 4. The fraction of sp³-hybridized carbons (Fsp3) is 0.143. The third-order valence-electron chi connectivity index (χ3n) is 12.3. The van der Waals surface area contributed by atoms with Gasteiger partial charge >= 0.3 is 0 Å². The summed E-state index contributed by atoms with van der Waals surface area (Å²) in [6.45, 7) is 11.2. The molecule has 3 atom stereocenters. The molecule has 0 radical (unpaired) electrons. The normalized spacial score (nSPS) is 14.4. The van der Waals surface area contributed by atoms with Gasteiger partial charge in [0, 0.05) is 18.0 Å². The van der Waals surface area contributed by atoms with E-state index >= 15 is 0 Å². The van der Waals surface area contributed by atoms with Gasteiger partial charge in [-0.2, -0.15) is 0 Å². The molecule has 0 fully saturated rings. The van der Waals surface area contributed by atoms with Crippen molar-refractivity contribution in [1.82, 2.24) is 5.32 Å². The lowest BCUT2D eigenvalue weighted by Gasteiger charge is -2.30. The first-order valence-electron chi connectivity index (χ1n) is 20.4. The molecule has 1 heteroatoms. The summed E-state index contributed by atoms with van der Waals surface area (Å²) in [7, 11) is 0. The predicted molar refractivity (Wildman–Crippen MR) is 247 cm³/mol. The fourth-order valence-electron chi connectivity index (χ4n) is 9.03. The number of fused-ring (bicyclic) bond motifs is 6. The Kier molecular flexibility index (Phi) is 10.0. The van der Waals surface area contributed by atoms with Crippen molar-refractivity contribution in [1.29, 1.82) is 0 Å². The van der Waals surface area contributed by atoms with Crippen molar-refractivity contribution in [3.8, 4) is 22.3 Å². The topological polar surface area (TPSA) is 12.0 Å². The van der Waals surface area contributed by atoms with Crippen LogP contribution in [0, 0.1) is 6.92 Å². The lowest BCUT2D eigenvalue weighted by molar-refractivity contribution is 0.417. The minimum Gasteiger partial charge on any atom is -0.303 e. The van der Waals surface area contributed by atoms with Gasteiger partial charge in [0.15, 0.2) is 0 Å². The van der Waals surface area contributed by atoms with Crippen LogP contribution >= 0.6 is 0 Å². The molecular weight excluding hydrogens is 687 g/mol. The maximum Gasteiger partial charge on any atom is 0.0391 e. The van der Waals surface area contributed by atoms with Gasteiger partial charge in [0.05, 0.1) is 0 Å². The van der Waals surface area contributed by atoms with Crippen LogP contribution in [0.1, 0.15) is 78.1 Å². The molecule has 1 aliphatic carbocycles. The second-order valence-electron chi connectivity index (χ2n) is 15.8. The van der Waals surface area contributed by atoms with Crippen LogP contribution in [0.5, 0.6) is 0 Å². The Morgan fingerprint density at radius 3 is 1.81 bits per heavy atom. The average Bonchev–Trinajstić information content (AvgIpc) is 3.28. The maximum absolute atomic E-state index is 4.30. The van der Waals surface area contributed by atoms with Gasteiger partial charge in [-0.25, -0.2) is 0 Å². The molecule has 0 aliphatic heterocycles. The summed E-state index contributed by atoms with van der Waals surface area (Å²) in [5, 5.41) is 11.8. The minimum absolute atomic E-state index is 0.112. The van der Waals surface area contributed by atoms with Gasteiger partial charge in [-0.05, 0) is 138 Å². The van der Waals surface area contributed by atoms with Crippen LogP contribution in [-0.4, -0.2) is 0 Å². The van der Waals surface area contributed by atoms with E-state index in [1.165, 1.54) is 88.0 Å². The molecule has 8 aromatic carbocycles. The number of nitrogens with one attached hydrogen (secondary N) is 1. The number of benzene rings is 8. The summed E-state index contributed by atoms with van der Waals surface area (Å²) < 4.78 is 0. The molecule has 0 aromatic heterocycles. The molecule has 278 valence electrons. The number of hydrogen-bond acceptors (Lipinski definition) is 1. The zero-order chi connectivity index (χ0) is 38.9. The van der Waals surface area contributed by atoms with Crippen LogP contribution in [0.4, 0.5) is 0 Å². The summed E-state index contributed by atoms with van der Waals surface area (Å²) in [5.74, 6) is 0.271. The zero-order valence-electron chi connectivity index (χ0n) is 33.2. The second kappa shape index (κ2) is 15.7. The average molecular weight is 736 g/mol. The summed E-state index contributed by atoms with van der Waals surface area (Å²) >= 11 is 0. The molecule has 1 nitrogen and oxygen atoms in total. The quantitative estimate of drug-likeness (QED) is 0.138. The Morgan fingerprint density at radius 2 is 1.14 bits per heavy atom. The zero-order valence-corrected chi connectivity index (χ0v) is 33.2. The van der Waals surface area contributed by atoms with Gasteiger partial charge in [0.2, 0.25) is 0 Å². The smallest absolute Gasteiger partial charge is 0.0391 e. The minimum atomic E-state index is 0.112. The largest absolute Gasteiger partial charge is 0.303 e. The molecule has 57 heavy (non-hydrogen) atoms. The highest BCUT2D eigenvalue weighted by atomic mass is 15.0. The van der Waals surface area contributed by atoms with Crippen LogP contribution in [0.25, 0.3) is 66.2 Å². The van der Waals surface area contributed by atoms with E-state index in [-0.39, 0.29) is 18.0 Å². The molecule has 0 heterocycles. The number of hydrogen-bond donors (Lipinski definition) is 1. The van der Waals surface area contributed by atoms with E-state index in [0.29, 0.717) is 0 Å². The molecule has 0 spiro atoms. The van der Waals surface area contributed by atoms with Crippen molar-refractivity contribution < 1.29 is 0 Å². The third-order valence-corrected chi connectivity index (χ3v) is 12.3. The molecular formula is C56H49N. The van der Waals surface area contributed by atoms with Crippen LogP contribution in [0.2, 0.25) is 0 Å². The van der Waals surface area contributed by atoms with E-state index in [1.54, 1.807) is 0 Å². The van der Waals surface area contributed by atoms with Gasteiger partial charge in [-0.15, -0.1) is 0 Å². The van der Waals surface area contributed by atoms with E-state index in [1.807, 2.05) is 6.08 Å². The summed E-state index contributed by atoms with van der Waals surface area (Å²) in [5.41, 5.74) is 13.9. The van der Waals surface area contributed by atoms with Crippen molar-refractivity contribution in [2.24, 2.45) is 0 Å². The van der Waals surface area contributed by atoms with Crippen molar-refractivity contribution in [2.45, 2.75) is 51.6 Å². The van der Waals surface area contributed by atoms with Gasteiger partial charge in [0.1, 0.15) is 0 Å². The van der Waals surface area contributed by atoms with Crippen LogP contribution < -0.4 is 5.32 Å². The van der Waals surface area contributed by atoms with Crippen molar-refractivity contribution in [3.05, 3.63) is 216 Å². The Morgan fingerprint density at radius 1 is 0.544 bits per heavy atom. The molecule has 0 bridgehead atoms. The van der Waals surface area contributed by atoms with Gasteiger partial charge in [0.25, 0.3) is 0 Å². The second-order valence-corrected chi connectivity index (χ2v) is 15.8. The van der Waals surface area contributed by atoms with Crippen LogP contribution in [-0.2, 0) is 0 Å². The third kappa shape index (κ3) is 7.05. The van der Waals surface area contributed by atoms with E-state index in [9.17, 15) is 0 Å². The van der Waals surface area contributed by atoms with Crippen molar-refractivity contribution >= 4 is 44.0 Å². The molecule has 2 unspecified atom stereocenters. The van der Waals surface area contributed by atoms with E-state index in [2.05, 4.69) is 209 Å². The fourth-order valence-corrected chi connectivity index (χ4v) is 9.03. The maximum atomic E-state index is 4.30. The Hall–Kier alpha value is -6.28. The van der Waals surface area contributed by atoms with Gasteiger partial charge in [-0.1, -0.05) is 177 Å². The van der Waals surface area contributed by atoms with E-state index < -0.39 is 0 Å². The first-order valence-corrected chi connectivity index (χ1v) is 20.4. The first kappa shape index (κ1) is 36.4. The molecule has 1 aliphatic rings. The lowest BCUT2D eigenvalue weighted by atomic mass is 9.86. The molecule has 0 saturated heterocycles. The van der Waals surface area contributed by atoms with Crippen LogP contribution in [0.15, 0.2) is 183 Å². The van der Waals surface area contributed by atoms with Gasteiger partial charge in [-0.3, -0.25) is 0 Å². The molecule has 0 amide bonds. The van der Waals surface area contributed by atoms with Crippen molar-refractivity contribution in [3.63, 3.8) is 0 Å².